The van der Waals surface area contributed by atoms with Crippen LogP contribution in [0.2, 0.25) is 0 Å². The fourth-order valence-corrected chi connectivity index (χ4v) is 2.47. The maximum Gasteiger partial charge on any atom is 0.426 e. The van der Waals surface area contributed by atoms with Crippen molar-refractivity contribution in [2.75, 3.05) is 0 Å². The van der Waals surface area contributed by atoms with Gasteiger partial charge in [0.05, 0.1) is 11.2 Å². The van der Waals surface area contributed by atoms with E-state index in [1.807, 2.05) is 0 Å². The first-order chi connectivity index (χ1) is 12.7. The molecule has 0 aliphatic heterocycles. The van der Waals surface area contributed by atoms with Gasteiger partial charge in [-0.05, 0) is 63.2 Å². The highest BCUT2D eigenvalue weighted by Crippen LogP contribution is 2.27. The highest BCUT2D eigenvalue weighted by atomic mass is 19.1. The van der Waals surface area contributed by atoms with Crippen LogP contribution in [0.5, 0.6) is 0 Å². The number of hydrazine groups is 1. The van der Waals surface area contributed by atoms with Crippen molar-refractivity contribution < 1.29 is 18.7 Å². The van der Waals surface area contributed by atoms with E-state index in [1.54, 1.807) is 51.1 Å². The van der Waals surface area contributed by atoms with Gasteiger partial charge < -0.3 is 4.74 Å². The fraction of sp³-hybridized carbons (Fsp3) is 0.211. The maximum absolute atomic E-state index is 13.1. The number of amides is 2. The number of aromatic nitrogens is 2. The molecule has 2 aromatic carbocycles. The van der Waals surface area contributed by atoms with Gasteiger partial charge in [0.2, 0.25) is 0 Å². The molecular formula is C19H19FN4O3. The summed E-state index contributed by atoms with van der Waals surface area (Å²) in [5, 5.41) is 7.82. The molecule has 7 nitrogen and oxygen atoms in total. The monoisotopic (exact) mass is 370 g/mol. The molecule has 3 rings (SSSR count). The quantitative estimate of drug-likeness (QED) is 0.601. The summed E-state index contributed by atoms with van der Waals surface area (Å²) in [5.74, 6) is -0.846. The Balaban J connectivity index is 1.79. The van der Waals surface area contributed by atoms with Crippen molar-refractivity contribution in [2.24, 2.45) is 0 Å². The predicted molar refractivity (Wildman–Crippen MR) is 98.3 cm³/mol. The van der Waals surface area contributed by atoms with E-state index in [1.165, 1.54) is 12.1 Å². The molecule has 0 saturated carbocycles. The van der Waals surface area contributed by atoms with E-state index in [-0.39, 0.29) is 5.82 Å². The van der Waals surface area contributed by atoms with Crippen LogP contribution in [0.15, 0.2) is 42.5 Å². The van der Waals surface area contributed by atoms with Gasteiger partial charge in [-0.3, -0.25) is 15.3 Å². The van der Waals surface area contributed by atoms with Crippen LogP contribution in [-0.2, 0) is 4.74 Å². The molecule has 0 saturated heterocycles. The second-order valence-corrected chi connectivity index (χ2v) is 6.92. The van der Waals surface area contributed by atoms with Gasteiger partial charge in [-0.1, -0.05) is 0 Å². The van der Waals surface area contributed by atoms with Crippen molar-refractivity contribution in [3.8, 4) is 11.3 Å². The number of nitrogens with one attached hydrogen (secondary N) is 3. The van der Waals surface area contributed by atoms with Crippen LogP contribution in [0.3, 0.4) is 0 Å². The lowest BCUT2D eigenvalue weighted by molar-refractivity contribution is 0.0483. The number of halogens is 1. The Hall–Kier alpha value is -3.42. The van der Waals surface area contributed by atoms with Crippen LogP contribution in [0.4, 0.5) is 9.18 Å². The average molecular weight is 370 g/mol. The second-order valence-electron chi connectivity index (χ2n) is 6.92. The van der Waals surface area contributed by atoms with Gasteiger partial charge >= 0.3 is 6.09 Å². The number of carbonyl (C=O) groups is 2. The number of rotatable bonds is 2. The van der Waals surface area contributed by atoms with Crippen molar-refractivity contribution in [3.63, 3.8) is 0 Å². The number of ether oxygens (including phenoxy) is 1. The largest absolute Gasteiger partial charge is 0.443 e. The zero-order chi connectivity index (χ0) is 19.6. The van der Waals surface area contributed by atoms with E-state index >= 15 is 0 Å². The third kappa shape index (κ3) is 4.41. The van der Waals surface area contributed by atoms with Gasteiger partial charge in [-0.2, -0.15) is 5.10 Å². The highest BCUT2D eigenvalue weighted by Gasteiger charge is 2.17. The molecule has 140 valence electrons. The molecule has 27 heavy (non-hydrogen) atoms. The van der Waals surface area contributed by atoms with Gasteiger partial charge in [0.15, 0.2) is 0 Å². The molecule has 0 radical (unpaired) electrons. The van der Waals surface area contributed by atoms with Crippen LogP contribution in [-0.4, -0.2) is 27.8 Å². The summed E-state index contributed by atoms with van der Waals surface area (Å²) < 4.78 is 18.2. The molecule has 0 fully saturated rings. The molecule has 0 aliphatic carbocycles. The first-order valence-corrected chi connectivity index (χ1v) is 8.26. The summed E-state index contributed by atoms with van der Waals surface area (Å²) in [7, 11) is 0. The number of fused-ring (bicyclic) bond motifs is 1. The van der Waals surface area contributed by atoms with Crippen LogP contribution < -0.4 is 10.9 Å². The van der Waals surface area contributed by atoms with E-state index in [2.05, 4.69) is 21.0 Å². The lowest BCUT2D eigenvalue weighted by atomic mass is 10.1. The summed E-state index contributed by atoms with van der Waals surface area (Å²) in [4.78, 5) is 23.9. The summed E-state index contributed by atoms with van der Waals surface area (Å²) in [6.45, 7) is 5.16. The Morgan fingerprint density at radius 2 is 1.78 bits per heavy atom. The normalized spacial score (nSPS) is 11.3. The molecule has 1 aromatic heterocycles. The SMILES string of the molecule is CC(C)(C)OC(=O)NNC(=O)c1ccc2[nH]nc(-c3ccc(F)cc3)c2c1. The van der Waals surface area contributed by atoms with E-state index in [0.717, 1.165) is 5.52 Å². The van der Waals surface area contributed by atoms with Crippen LogP contribution in [0.1, 0.15) is 31.1 Å². The fourth-order valence-electron chi connectivity index (χ4n) is 2.47. The van der Waals surface area contributed by atoms with Crippen molar-refractivity contribution >= 4 is 22.9 Å². The van der Waals surface area contributed by atoms with Gasteiger partial charge in [0, 0.05) is 16.5 Å². The Kier molecular flexibility index (Phi) is 4.81. The van der Waals surface area contributed by atoms with Crippen LogP contribution in [0, 0.1) is 5.82 Å². The third-order valence-electron chi connectivity index (χ3n) is 3.62. The average Bonchev–Trinajstić information content (AvgIpc) is 3.02. The number of hydrogen-bond acceptors (Lipinski definition) is 4. The maximum atomic E-state index is 13.1. The molecule has 3 N–H and O–H groups in total. The standard InChI is InChI=1S/C19H19FN4O3/c1-19(2,3)27-18(26)24-23-17(25)12-6-9-15-14(10-12)16(22-21-15)11-4-7-13(20)8-5-11/h4-10H,1-3H3,(H,21,22)(H,23,25)(H,24,26). The first-order valence-electron chi connectivity index (χ1n) is 8.26. The zero-order valence-electron chi connectivity index (χ0n) is 15.1. The minimum Gasteiger partial charge on any atom is -0.443 e. The molecule has 8 heteroatoms. The Morgan fingerprint density at radius 1 is 1.07 bits per heavy atom. The van der Waals surface area contributed by atoms with Gasteiger partial charge in [0.1, 0.15) is 11.4 Å². The van der Waals surface area contributed by atoms with Crippen molar-refractivity contribution in [1.82, 2.24) is 21.0 Å². The van der Waals surface area contributed by atoms with Crippen molar-refractivity contribution in [2.45, 2.75) is 26.4 Å². The second kappa shape index (κ2) is 7.06. The highest BCUT2D eigenvalue weighted by molar-refractivity contribution is 6.01. The Morgan fingerprint density at radius 3 is 2.44 bits per heavy atom. The lowest BCUT2D eigenvalue weighted by Crippen LogP contribution is -2.44. The number of H-pyrrole nitrogens is 1. The van der Waals surface area contributed by atoms with Crippen molar-refractivity contribution in [1.29, 1.82) is 0 Å². The third-order valence-corrected chi connectivity index (χ3v) is 3.62. The predicted octanol–water partition coefficient (Wildman–Crippen LogP) is 3.54. The molecular weight excluding hydrogens is 351 g/mol. The summed E-state index contributed by atoms with van der Waals surface area (Å²) in [5.41, 5.74) is 6.20. The first kappa shape index (κ1) is 18.4. The molecule has 2 amide bonds. The molecule has 0 unspecified atom stereocenters. The molecule has 0 atom stereocenters. The molecule has 1 heterocycles. The van der Waals surface area contributed by atoms with Crippen molar-refractivity contribution in [3.05, 3.63) is 53.8 Å². The van der Waals surface area contributed by atoms with Gasteiger partial charge in [-0.25, -0.2) is 14.6 Å². The molecule has 0 aliphatic rings. The van der Waals surface area contributed by atoms with Crippen LogP contribution >= 0.6 is 0 Å². The Labute approximate surface area is 154 Å². The van der Waals surface area contributed by atoms with E-state index in [4.69, 9.17) is 4.74 Å². The zero-order valence-corrected chi connectivity index (χ0v) is 15.1. The summed E-state index contributed by atoms with van der Waals surface area (Å²) in [6.07, 6.45) is -0.757. The summed E-state index contributed by atoms with van der Waals surface area (Å²) >= 11 is 0. The minimum absolute atomic E-state index is 0.323. The van der Waals surface area contributed by atoms with E-state index in [0.29, 0.717) is 22.2 Å². The lowest BCUT2D eigenvalue weighted by Gasteiger charge is -2.19. The smallest absolute Gasteiger partial charge is 0.426 e. The number of benzene rings is 2. The molecule has 3 aromatic rings. The number of nitrogens with zero attached hydrogens (tertiary/aromatic N) is 1. The molecule has 0 spiro atoms. The summed E-state index contributed by atoms with van der Waals surface area (Å²) in [6, 6.07) is 10.9. The molecule has 0 bridgehead atoms. The number of carbonyl (C=O) groups excluding carboxylic acids is 2. The van der Waals surface area contributed by atoms with Gasteiger partial charge in [-0.15, -0.1) is 0 Å². The Bertz CT molecular complexity index is 990. The number of hydrogen-bond donors (Lipinski definition) is 3. The van der Waals surface area contributed by atoms with Crippen LogP contribution in [0.25, 0.3) is 22.2 Å². The van der Waals surface area contributed by atoms with Gasteiger partial charge in [0.25, 0.3) is 5.91 Å². The topological polar surface area (TPSA) is 96.1 Å². The van der Waals surface area contributed by atoms with E-state index in [9.17, 15) is 14.0 Å². The number of aromatic amines is 1. The van der Waals surface area contributed by atoms with E-state index < -0.39 is 17.6 Å². The minimum atomic E-state index is -0.757.